The largest absolute Gasteiger partial charge is 0.325 e. The highest BCUT2D eigenvalue weighted by atomic mass is 32.2. The van der Waals surface area contributed by atoms with Crippen LogP contribution in [0, 0.1) is 0 Å². The van der Waals surface area contributed by atoms with E-state index in [-0.39, 0.29) is 11.7 Å². The van der Waals surface area contributed by atoms with E-state index in [2.05, 4.69) is 25.9 Å². The second kappa shape index (κ2) is 8.34. The third kappa shape index (κ3) is 4.54. The lowest BCUT2D eigenvalue weighted by Gasteiger charge is -2.11. The molecule has 3 aromatic rings. The van der Waals surface area contributed by atoms with Crippen LogP contribution < -0.4 is 5.32 Å². The van der Waals surface area contributed by atoms with E-state index in [9.17, 15) is 4.79 Å². The maximum atomic E-state index is 12.3. The lowest BCUT2D eigenvalue weighted by Crippen LogP contribution is -2.15. The molecule has 1 saturated carbocycles. The minimum Gasteiger partial charge on any atom is -0.325 e. The number of nitrogens with zero attached hydrogens (tertiary/aromatic N) is 6. The molecule has 27 heavy (non-hydrogen) atoms. The van der Waals surface area contributed by atoms with Gasteiger partial charge in [-0.15, -0.1) is 5.10 Å². The van der Waals surface area contributed by atoms with Crippen molar-refractivity contribution in [2.75, 3.05) is 11.1 Å². The van der Waals surface area contributed by atoms with E-state index >= 15 is 0 Å². The molecule has 4 rings (SSSR count). The summed E-state index contributed by atoms with van der Waals surface area (Å²) in [4.78, 5) is 12.3. The highest BCUT2D eigenvalue weighted by molar-refractivity contribution is 7.99. The summed E-state index contributed by atoms with van der Waals surface area (Å²) in [5.74, 6) is 0.202. The molecule has 1 amide bonds. The van der Waals surface area contributed by atoms with Gasteiger partial charge in [-0.05, 0) is 47.0 Å². The predicted octanol–water partition coefficient (Wildman–Crippen LogP) is 2.76. The topological polar surface area (TPSA) is 90.5 Å². The smallest absolute Gasteiger partial charge is 0.234 e. The summed E-state index contributed by atoms with van der Waals surface area (Å²) in [6.07, 6.45) is 8.30. The van der Waals surface area contributed by atoms with Crippen molar-refractivity contribution < 1.29 is 4.79 Å². The predicted molar refractivity (Wildman–Crippen MR) is 102 cm³/mol. The number of anilines is 1. The fourth-order valence-electron chi connectivity index (χ4n) is 3.31. The Labute approximate surface area is 161 Å². The summed E-state index contributed by atoms with van der Waals surface area (Å²) >= 11 is 1.38. The molecule has 0 unspecified atom stereocenters. The Morgan fingerprint density at radius 3 is 2.96 bits per heavy atom. The standard InChI is InChI=1S/C18H21N7OS/c26-17(13-27-18-21-22-23-25(18)16-7-1-2-8-16)20-15-6-3-5-14(11-15)12-24-10-4-9-19-24/h3-6,9-11,16H,1-2,7-8,12-13H2,(H,20,26). The average Bonchev–Trinajstić information content (AvgIpc) is 3.42. The lowest BCUT2D eigenvalue weighted by atomic mass is 10.2. The minimum atomic E-state index is -0.0720. The number of carbonyl (C=O) groups excluding carboxylic acids is 1. The number of aromatic nitrogens is 6. The summed E-state index contributed by atoms with van der Waals surface area (Å²) in [6.45, 7) is 0.668. The van der Waals surface area contributed by atoms with Crippen molar-refractivity contribution in [2.45, 2.75) is 43.4 Å². The number of tetrazole rings is 1. The maximum Gasteiger partial charge on any atom is 0.234 e. The zero-order chi connectivity index (χ0) is 18.5. The van der Waals surface area contributed by atoms with Crippen LogP contribution in [0.4, 0.5) is 5.69 Å². The van der Waals surface area contributed by atoms with Gasteiger partial charge >= 0.3 is 0 Å². The van der Waals surface area contributed by atoms with E-state index in [4.69, 9.17) is 0 Å². The molecule has 0 aliphatic heterocycles. The Balaban J connectivity index is 1.33. The number of carbonyl (C=O) groups is 1. The van der Waals surface area contributed by atoms with Gasteiger partial charge in [0.05, 0.1) is 18.3 Å². The molecule has 0 atom stereocenters. The lowest BCUT2D eigenvalue weighted by molar-refractivity contribution is -0.113. The van der Waals surface area contributed by atoms with Gasteiger partial charge in [0, 0.05) is 18.1 Å². The first-order valence-electron chi connectivity index (χ1n) is 9.05. The monoisotopic (exact) mass is 383 g/mol. The number of rotatable bonds is 7. The highest BCUT2D eigenvalue weighted by Gasteiger charge is 2.22. The molecular formula is C18H21N7OS. The van der Waals surface area contributed by atoms with Crippen LogP contribution in [0.5, 0.6) is 0 Å². The molecule has 9 heteroatoms. The second-order valence-corrected chi connectivity index (χ2v) is 7.53. The molecule has 2 heterocycles. The van der Waals surface area contributed by atoms with E-state index < -0.39 is 0 Å². The summed E-state index contributed by atoms with van der Waals surface area (Å²) in [7, 11) is 0. The van der Waals surface area contributed by atoms with Crippen LogP contribution in [0.15, 0.2) is 47.9 Å². The average molecular weight is 383 g/mol. The van der Waals surface area contributed by atoms with E-state index in [0.717, 1.165) is 24.1 Å². The summed E-state index contributed by atoms with van der Waals surface area (Å²) in [5, 5.41) is 19.8. The third-order valence-electron chi connectivity index (χ3n) is 4.58. The first kappa shape index (κ1) is 17.7. The number of thioether (sulfide) groups is 1. The number of hydrogen-bond acceptors (Lipinski definition) is 6. The maximum absolute atomic E-state index is 12.3. The molecule has 0 bridgehead atoms. The fraction of sp³-hybridized carbons (Fsp3) is 0.389. The van der Waals surface area contributed by atoms with Crippen LogP contribution in [0.25, 0.3) is 0 Å². The van der Waals surface area contributed by atoms with Crippen LogP contribution in [0.2, 0.25) is 0 Å². The SMILES string of the molecule is O=C(CSc1nnnn1C1CCCC1)Nc1cccc(Cn2cccn2)c1. The van der Waals surface area contributed by atoms with Crippen molar-refractivity contribution in [1.82, 2.24) is 30.0 Å². The van der Waals surface area contributed by atoms with Crippen LogP contribution in [0.1, 0.15) is 37.3 Å². The first-order chi connectivity index (χ1) is 13.3. The molecule has 1 aliphatic rings. The summed E-state index contributed by atoms with van der Waals surface area (Å²) in [6, 6.07) is 10.1. The van der Waals surface area contributed by atoms with Gasteiger partial charge in [0.15, 0.2) is 0 Å². The van der Waals surface area contributed by atoms with Gasteiger partial charge in [0.1, 0.15) is 0 Å². The van der Waals surface area contributed by atoms with Crippen LogP contribution in [0.3, 0.4) is 0 Å². The summed E-state index contributed by atoms with van der Waals surface area (Å²) < 4.78 is 3.72. The van der Waals surface area contributed by atoms with E-state index in [0.29, 0.717) is 17.7 Å². The van der Waals surface area contributed by atoms with Crippen molar-refractivity contribution in [3.05, 3.63) is 48.3 Å². The molecule has 1 aromatic carbocycles. The first-order valence-corrected chi connectivity index (χ1v) is 10.0. The van der Waals surface area contributed by atoms with Gasteiger partial charge in [0.2, 0.25) is 11.1 Å². The van der Waals surface area contributed by atoms with Gasteiger partial charge in [-0.2, -0.15) is 5.10 Å². The minimum absolute atomic E-state index is 0.0720. The van der Waals surface area contributed by atoms with E-state index in [1.807, 2.05) is 45.9 Å². The zero-order valence-corrected chi connectivity index (χ0v) is 15.7. The Kier molecular flexibility index (Phi) is 5.47. The Morgan fingerprint density at radius 2 is 2.15 bits per heavy atom. The van der Waals surface area contributed by atoms with Gasteiger partial charge < -0.3 is 5.32 Å². The van der Waals surface area contributed by atoms with Crippen molar-refractivity contribution in [3.8, 4) is 0 Å². The number of hydrogen-bond donors (Lipinski definition) is 1. The van der Waals surface area contributed by atoms with E-state index in [1.165, 1.54) is 24.6 Å². The Hall–Kier alpha value is -2.68. The highest BCUT2D eigenvalue weighted by Crippen LogP contribution is 2.31. The van der Waals surface area contributed by atoms with Gasteiger partial charge in [-0.3, -0.25) is 9.48 Å². The molecule has 2 aromatic heterocycles. The van der Waals surface area contributed by atoms with Gasteiger partial charge in [-0.25, -0.2) is 4.68 Å². The molecule has 8 nitrogen and oxygen atoms in total. The molecule has 0 spiro atoms. The summed E-state index contributed by atoms with van der Waals surface area (Å²) in [5.41, 5.74) is 1.86. The fourth-order valence-corrected chi connectivity index (χ4v) is 4.06. The van der Waals surface area contributed by atoms with Crippen molar-refractivity contribution in [3.63, 3.8) is 0 Å². The molecule has 1 N–H and O–H groups in total. The molecule has 140 valence electrons. The number of amides is 1. The van der Waals surface area contributed by atoms with Crippen molar-refractivity contribution in [1.29, 1.82) is 0 Å². The van der Waals surface area contributed by atoms with Crippen LogP contribution in [-0.2, 0) is 11.3 Å². The van der Waals surface area contributed by atoms with Crippen LogP contribution >= 0.6 is 11.8 Å². The second-order valence-electron chi connectivity index (χ2n) is 6.59. The quantitative estimate of drug-likeness (QED) is 0.631. The molecule has 0 saturated heterocycles. The van der Waals surface area contributed by atoms with Crippen LogP contribution in [-0.4, -0.2) is 41.6 Å². The number of benzene rings is 1. The van der Waals surface area contributed by atoms with E-state index in [1.54, 1.807) is 6.20 Å². The van der Waals surface area contributed by atoms with Crippen molar-refractivity contribution >= 4 is 23.4 Å². The molecular weight excluding hydrogens is 362 g/mol. The normalized spacial score (nSPS) is 14.5. The van der Waals surface area contributed by atoms with Gasteiger partial charge in [0.25, 0.3) is 0 Å². The zero-order valence-electron chi connectivity index (χ0n) is 14.9. The molecule has 0 radical (unpaired) electrons. The van der Waals surface area contributed by atoms with Crippen molar-refractivity contribution in [2.24, 2.45) is 0 Å². The third-order valence-corrected chi connectivity index (χ3v) is 5.51. The Morgan fingerprint density at radius 1 is 1.26 bits per heavy atom. The number of nitrogens with one attached hydrogen (secondary N) is 1. The Bertz CT molecular complexity index is 887. The molecule has 1 aliphatic carbocycles. The van der Waals surface area contributed by atoms with Gasteiger partial charge in [-0.1, -0.05) is 36.7 Å². The molecule has 1 fully saturated rings.